The second kappa shape index (κ2) is 8.29. The number of nitrogens with zero attached hydrogens (tertiary/aromatic N) is 2. The second-order valence-corrected chi connectivity index (χ2v) is 9.86. The number of nitrogens with one attached hydrogen (secondary N) is 1. The lowest BCUT2D eigenvalue weighted by molar-refractivity contribution is -0.124. The van der Waals surface area contributed by atoms with Gasteiger partial charge < -0.3 is 19.7 Å². The largest absolute Gasteiger partial charge is 0.486 e. The predicted molar refractivity (Wildman–Crippen MR) is 119 cm³/mol. The van der Waals surface area contributed by atoms with Crippen molar-refractivity contribution in [3.05, 3.63) is 52.5 Å². The zero-order chi connectivity index (χ0) is 22.3. The van der Waals surface area contributed by atoms with Gasteiger partial charge in [0.25, 0.3) is 10.0 Å². The van der Waals surface area contributed by atoms with Crippen LogP contribution in [0.1, 0.15) is 24.0 Å². The average molecular weight is 476 g/mol. The summed E-state index contributed by atoms with van der Waals surface area (Å²) in [4.78, 5) is 14.9. The van der Waals surface area contributed by atoms with Gasteiger partial charge in [-0.25, -0.2) is 0 Å². The minimum atomic E-state index is -3.73. The van der Waals surface area contributed by atoms with E-state index in [1.807, 2.05) is 12.1 Å². The third-order valence-corrected chi connectivity index (χ3v) is 7.42. The minimum absolute atomic E-state index is 0.143. The first-order valence-corrected chi connectivity index (χ1v) is 12.3. The van der Waals surface area contributed by atoms with Crippen LogP contribution in [-0.2, 0) is 21.2 Å². The highest BCUT2D eigenvalue weighted by Crippen LogP contribution is 2.38. The predicted octanol–water partition coefficient (Wildman–Crippen LogP) is 2.38. The first-order chi connectivity index (χ1) is 15.4. The number of carbonyl (C=O) groups is 1. The van der Waals surface area contributed by atoms with E-state index in [-0.39, 0.29) is 10.8 Å². The Kier molecular flexibility index (Phi) is 5.46. The van der Waals surface area contributed by atoms with Crippen molar-refractivity contribution < 1.29 is 22.7 Å². The fraction of sp³-hybridized carbons (Fsp3) is 0.364. The fourth-order valence-electron chi connectivity index (χ4n) is 4.34. The van der Waals surface area contributed by atoms with E-state index in [4.69, 9.17) is 21.1 Å². The molecule has 0 aliphatic carbocycles. The quantitative estimate of drug-likeness (QED) is 0.729. The molecule has 10 heteroatoms. The van der Waals surface area contributed by atoms with Crippen LogP contribution in [0.4, 0.5) is 0 Å². The van der Waals surface area contributed by atoms with Gasteiger partial charge in [-0.1, -0.05) is 23.7 Å². The smallest absolute Gasteiger partial charge is 0.285 e. The topological polar surface area (TPSA) is 97.3 Å². The molecule has 1 amide bonds. The van der Waals surface area contributed by atoms with Crippen LogP contribution in [0.15, 0.2) is 45.7 Å². The van der Waals surface area contributed by atoms with Crippen molar-refractivity contribution in [1.82, 2.24) is 10.2 Å². The first kappa shape index (κ1) is 21.1. The number of carbonyl (C=O) groups excluding carboxylic acids is 1. The van der Waals surface area contributed by atoms with E-state index in [9.17, 15) is 13.2 Å². The lowest BCUT2D eigenvalue weighted by atomic mass is 10.1. The molecular formula is C22H22ClN3O5S. The summed E-state index contributed by atoms with van der Waals surface area (Å²) in [5.74, 6) is 1.39. The summed E-state index contributed by atoms with van der Waals surface area (Å²) >= 11 is 6.29. The van der Waals surface area contributed by atoms with Gasteiger partial charge in [-0.2, -0.15) is 8.42 Å². The number of hydrogen-bond donors (Lipinski definition) is 1. The Hall–Kier alpha value is -2.78. The van der Waals surface area contributed by atoms with Gasteiger partial charge in [0.05, 0.1) is 5.02 Å². The average Bonchev–Trinajstić information content (AvgIpc) is 3.37. The molecule has 0 radical (unpaired) electrons. The van der Waals surface area contributed by atoms with Gasteiger partial charge in [0, 0.05) is 18.7 Å². The van der Waals surface area contributed by atoms with E-state index in [0.717, 1.165) is 12.0 Å². The zero-order valence-electron chi connectivity index (χ0n) is 17.2. The van der Waals surface area contributed by atoms with Crippen LogP contribution < -0.4 is 14.8 Å². The summed E-state index contributed by atoms with van der Waals surface area (Å²) in [7, 11) is -3.73. The monoisotopic (exact) mass is 475 g/mol. The molecule has 1 saturated heterocycles. The van der Waals surface area contributed by atoms with Crippen molar-refractivity contribution >= 4 is 33.4 Å². The molecule has 168 valence electrons. The molecule has 2 aromatic carbocycles. The van der Waals surface area contributed by atoms with Gasteiger partial charge in [0.2, 0.25) is 5.91 Å². The summed E-state index contributed by atoms with van der Waals surface area (Å²) in [5, 5.41) is 3.46. The van der Waals surface area contributed by atoms with Crippen molar-refractivity contribution in [1.29, 1.82) is 0 Å². The van der Waals surface area contributed by atoms with E-state index < -0.39 is 16.1 Å². The first-order valence-electron chi connectivity index (χ1n) is 10.5. The molecular weight excluding hydrogens is 454 g/mol. The van der Waals surface area contributed by atoms with Gasteiger partial charge in [-0.05, 0) is 49.1 Å². The summed E-state index contributed by atoms with van der Waals surface area (Å²) in [6, 6.07) is 9.97. The summed E-state index contributed by atoms with van der Waals surface area (Å²) in [5.41, 5.74) is 1.49. The molecule has 8 nitrogen and oxygen atoms in total. The molecule has 2 aromatic rings. The maximum Gasteiger partial charge on any atom is 0.285 e. The molecule has 0 bridgehead atoms. The van der Waals surface area contributed by atoms with Crippen molar-refractivity contribution in [3.8, 4) is 11.5 Å². The van der Waals surface area contributed by atoms with E-state index in [2.05, 4.69) is 9.71 Å². The van der Waals surface area contributed by atoms with E-state index in [1.54, 1.807) is 29.2 Å². The van der Waals surface area contributed by atoms with Gasteiger partial charge in [-0.15, -0.1) is 4.40 Å². The Morgan fingerprint density at radius 1 is 1.22 bits per heavy atom. The molecule has 3 heterocycles. The lowest BCUT2D eigenvalue weighted by Crippen LogP contribution is -2.46. The Bertz CT molecular complexity index is 1210. The van der Waals surface area contributed by atoms with Gasteiger partial charge >= 0.3 is 0 Å². The highest BCUT2D eigenvalue weighted by molar-refractivity contribution is 7.90. The molecule has 3 aliphatic heterocycles. The molecule has 0 unspecified atom stereocenters. The van der Waals surface area contributed by atoms with Crippen LogP contribution in [0, 0.1) is 0 Å². The number of sulfonamides is 1. The molecule has 0 saturated carbocycles. The number of amidine groups is 1. The maximum absolute atomic E-state index is 12.9. The Morgan fingerprint density at radius 3 is 2.91 bits per heavy atom. The van der Waals surface area contributed by atoms with Crippen LogP contribution in [0.3, 0.4) is 0 Å². The minimum Gasteiger partial charge on any atom is -0.486 e. The number of amides is 1. The molecule has 5 rings (SSSR count). The van der Waals surface area contributed by atoms with Crippen molar-refractivity contribution in [2.24, 2.45) is 4.40 Å². The summed E-state index contributed by atoms with van der Waals surface area (Å²) < 4.78 is 39.9. The Morgan fingerprint density at radius 2 is 2.03 bits per heavy atom. The molecule has 1 atom stereocenters. The Labute approximate surface area is 191 Å². The third kappa shape index (κ3) is 3.80. The van der Waals surface area contributed by atoms with Crippen molar-refractivity contribution in [2.75, 3.05) is 26.3 Å². The van der Waals surface area contributed by atoms with Crippen molar-refractivity contribution in [3.63, 3.8) is 0 Å². The van der Waals surface area contributed by atoms with Crippen LogP contribution in [-0.4, -0.2) is 57.4 Å². The molecule has 3 aliphatic rings. The molecule has 32 heavy (non-hydrogen) atoms. The summed E-state index contributed by atoms with van der Waals surface area (Å²) in [6.45, 7) is 1.94. The van der Waals surface area contributed by atoms with Crippen LogP contribution >= 0.6 is 11.6 Å². The van der Waals surface area contributed by atoms with Crippen molar-refractivity contribution in [2.45, 2.75) is 30.2 Å². The number of benzene rings is 2. The van der Waals surface area contributed by atoms with E-state index >= 15 is 0 Å². The highest BCUT2D eigenvalue weighted by atomic mass is 35.5. The lowest BCUT2D eigenvalue weighted by Gasteiger charge is -2.25. The fourth-order valence-corrected chi connectivity index (χ4v) is 5.85. The Balaban J connectivity index is 1.26. The van der Waals surface area contributed by atoms with Gasteiger partial charge in [-0.3, -0.25) is 4.79 Å². The SMILES string of the molecule is O=C(NCCc1cc(Cl)c2c(c1)OCCO2)[C@@H]1CCCN1C1=NS(=O)(=O)c2ccccc21. The number of ether oxygens (including phenoxy) is 2. The maximum atomic E-state index is 12.9. The zero-order valence-corrected chi connectivity index (χ0v) is 18.8. The number of likely N-dealkylation sites (tertiary alicyclic amines) is 1. The number of hydrogen-bond acceptors (Lipinski definition) is 6. The number of fused-ring (bicyclic) bond motifs is 2. The third-order valence-electron chi connectivity index (χ3n) is 5.81. The van der Waals surface area contributed by atoms with Crippen LogP contribution in [0.2, 0.25) is 5.02 Å². The number of rotatable bonds is 4. The van der Waals surface area contributed by atoms with E-state index in [1.165, 1.54) is 0 Å². The molecule has 1 fully saturated rings. The second-order valence-electron chi connectivity index (χ2n) is 7.88. The molecule has 0 aromatic heterocycles. The number of halogens is 1. The van der Waals surface area contributed by atoms with E-state index in [0.29, 0.717) is 67.1 Å². The van der Waals surface area contributed by atoms with Crippen LogP contribution in [0.5, 0.6) is 11.5 Å². The molecule has 1 N–H and O–H groups in total. The van der Waals surface area contributed by atoms with Gasteiger partial charge in [0.15, 0.2) is 17.3 Å². The standard InChI is InChI=1S/C22H22ClN3O5S/c23-16-12-14(13-18-20(16)31-11-10-30-18)7-8-24-22(27)17-5-3-9-26(17)21-15-4-1-2-6-19(15)32(28,29)25-21/h1-2,4,6,12-13,17H,3,5,7-11H2,(H,24,27)/t17-/m0/s1. The highest BCUT2D eigenvalue weighted by Gasteiger charge is 2.39. The van der Waals surface area contributed by atoms with Crippen LogP contribution in [0.25, 0.3) is 0 Å². The summed E-state index contributed by atoms with van der Waals surface area (Å²) in [6.07, 6.45) is 2.01. The van der Waals surface area contributed by atoms with Gasteiger partial charge in [0.1, 0.15) is 24.2 Å². The molecule has 0 spiro atoms. The normalized spacial score (nSPS) is 20.6.